The van der Waals surface area contributed by atoms with E-state index in [9.17, 15) is 9.59 Å². The van der Waals surface area contributed by atoms with Crippen molar-refractivity contribution >= 4 is 46.0 Å². The molecule has 0 aromatic heterocycles. The van der Waals surface area contributed by atoms with Crippen LogP contribution in [0.1, 0.15) is 5.56 Å². The van der Waals surface area contributed by atoms with Gasteiger partial charge in [0.25, 0.3) is 11.8 Å². The number of thiocarbonyl (C=S) groups is 1. The zero-order chi connectivity index (χ0) is 19.6. The minimum atomic E-state index is -0.549. The number of amides is 2. The fourth-order valence-corrected chi connectivity index (χ4v) is 3.14. The molecule has 0 aliphatic carbocycles. The largest absolute Gasteiger partial charge is 0.497 e. The van der Waals surface area contributed by atoms with Gasteiger partial charge in [-0.3, -0.25) is 19.8 Å². The molecule has 6 nitrogen and oxygen atoms in total. The number of carbonyl (C=O) groups is 2. The van der Waals surface area contributed by atoms with Crippen LogP contribution in [0.2, 0.25) is 0 Å². The number of methoxy groups -OCH3 is 2. The molecule has 0 radical (unpaired) electrons. The zero-order valence-corrected chi connectivity index (χ0v) is 15.8. The molecule has 1 fully saturated rings. The van der Waals surface area contributed by atoms with Crippen molar-refractivity contribution in [3.63, 3.8) is 0 Å². The van der Waals surface area contributed by atoms with Crippen LogP contribution in [0.5, 0.6) is 11.5 Å². The summed E-state index contributed by atoms with van der Waals surface area (Å²) in [4.78, 5) is 26.5. The zero-order valence-electron chi connectivity index (χ0n) is 14.9. The van der Waals surface area contributed by atoms with Gasteiger partial charge in [0.15, 0.2) is 5.11 Å². The molecule has 1 saturated heterocycles. The Kier molecular flexibility index (Phi) is 5.23. The van der Waals surface area contributed by atoms with Gasteiger partial charge in [-0.05, 0) is 47.3 Å². The van der Waals surface area contributed by atoms with Gasteiger partial charge in [-0.15, -0.1) is 6.58 Å². The van der Waals surface area contributed by atoms with E-state index in [0.717, 1.165) is 10.8 Å². The van der Waals surface area contributed by atoms with Crippen LogP contribution in [-0.2, 0) is 9.59 Å². The summed E-state index contributed by atoms with van der Waals surface area (Å²) in [6.45, 7) is 3.82. The maximum atomic E-state index is 12.8. The van der Waals surface area contributed by atoms with Gasteiger partial charge in [0.05, 0.1) is 14.2 Å². The third kappa shape index (κ3) is 3.41. The summed E-state index contributed by atoms with van der Waals surface area (Å²) >= 11 is 5.08. The van der Waals surface area contributed by atoms with Crippen LogP contribution < -0.4 is 14.8 Å². The molecule has 1 N–H and O–H groups in total. The van der Waals surface area contributed by atoms with E-state index in [2.05, 4.69) is 11.9 Å². The number of benzene rings is 2. The summed E-state index contributed by atoms with van der Waals surface area (Å²) in [5, 5.41) is 4.32. The van der Waals surface area contributed by atoms with Gasteiger partial charge in [0.2, 0.25) is 0 Å². The second-order valence-electron chi connectivity index (χ2n) is 5.79. The maximum Gasteiger partial charge on any atom is 0.265 e. The monoisotopic (exact) mass is 382 g/mol. The highest BCUT2D eigenvalue weighted by Crippen LogP contribution is 2.33. The van der Waals surface area contributed by atoms with Gasteiger partial charge in [0, 0.05) is 12.1 Å². The van der Waals surface area contributed by atoms with Crippen LogP contribution in [0, 0.1) is 0 Å². The summed E-state index contributed by atoms with van der Waals surface area (Å²) in [6, 6.07) is 9.27. The molecule has 0 unspecified atom stereocenters. The van der Waals surface area contributed by atoms with Crippen LogP contribution >= 0.6 is 12.2 Å². The Bertz CT molecular complexity index is 992. The van der Waals surface area contributed by atoms with E-state index >= 15 is 0 Å². The van der Waals surface area contributed by atoms with Crippen molar-refractivity contribution in [3.05, 3.63) is 54.1 Å². The van der Waals surface area contributed by atoms with Crippen molar-refractivity contribution in [1.29, 1.82) is 0 Å². The van der Waals surface area contributed by atoms with Crippen molar-refractivity contribution in [1.82, 2.24) is 10.2 Å². The molecule has 27 heavy (non-hydrogen) atoms. The lowest BCUT2D eigenvalue weighted by Crippen LogP contribution is -2.53. The van der Waals surface area contributed by atoms with Crippen molar-refractivity contribution < 1.29 is 19.1 Å². The highest BCUT2D eigenvalue weighted by Gasteiger charge is 2.33. The van der Waals surface area contributed by atoms with E-state index in [1.165, 1.54) is 18.1 Å². The predicted molar refractivity (Wildman–Crippen MR) is 108 cm³/mol. The van der Waals surface area contributed by atoms with E-state index in [1.807, 2.05) is 24.3 Å². The highest BCUT2D eigenvalue weighted by atomic mass is 32.1. The molecule has 2 aromatic rings. The van der Waals surface area contributed by atoms with Crippen molar-refractivity contribution in [2.45, 2.75) is 0 Å². The van der Waals surface area contributed by atoms with Crippen molar-refractivity contribution in [2.24, 2.45) is 0 Å². The number of hydrogen-bond acceptors (Lipinski definition) is 5. The predicted octanol–water partition coefficient (Wildman–Crippen LogP) is 2.67. The fraction of sp³-hybridized carbons (Fsp3) is 0.150. The third-order valence-electron chi connectivity index (χ3n) is 4.24. The number of carbonyl (C=O) groups excluding carboxylic acids is 2. The van der Waals surface area contributed by atoms with Gasteiger partial charge in [0.1, 0.15) is 17.1 Å². The van der Waals surface area contributed by atoms with E-state index in [-0.39, 0.29) is 17.2 Å². The van der Waals surface area contributed by atoms with E-state index in [0.29, 0.717) is 17.1 Å². The lowest BCUT2D eigenvalue weighted by Gasteiger charge is -2.28. The second kappa shape index (κ2) is 7.59. The first-order chi connectivity index (χ1) is 13.0. The average molecular weight is 382 g/mol. The van der Waals surface area contributed by atoms with Gasteiger partial charge >= 0.3 is 0 Å². The molecule has 1 heterocycles. The summed E-state index contributed by atoms with van der Waals surface area (Å²) in [7, 11) is 3.11. The quantitative estimate of drug-likeness (QED) is 0.373. The Morgan fingerprint density at radius 1 is 1.19 bits per heavy atom. The van der Waals surface area contributed by atoms with E-state index in [4.69, 9.17) is 21.7 Å². The molecular weight excluding hydrogens is 364 g/mol. The molecular formula is C20H18N2O4S. The average Bonchev–Trinajstić information content (AvgIpc) is 2.67. The van der Waals surface area contributed by atoms with Crippen molar-refractivity contribution in [3.8, 4) is 11.5 Å². The SMILES string of the molecule is C=CCN1C(=O)/C(=C\c2c(OC)ccc3ccc(OC)cc23)C(=O)NC1=S. The van der Waals surface area contributed by atoms with Crippen LogP contribution in [0.25, 0.3) is 16.8 Å². The molecule has 0 saturated carbocycles. The number of hydrogen-bond donors (Lipinski definition) is 1. The Morgan fingerprint density at radius 2 is 1.93 bits per heavy atom. The van der Waals surface area contributed by atoms with Crippen molar-refractivity contribution in [2.75, 3.05) is 20.8 Å². The topological polar surface area (TPSA) is 67.9 Å². The number of nitrogens with one attached hydrogen (secondary N) is 1. The Hall–Kier alpha value is -3.19. The number of rotatable bonds is 5. The Labute approximate surface area is 162 Å². The number of nitrogens with zero attached hydrogens (tertiary/aromatic N) is 1. The standard InChI is InChI=1S/C20H18N2O4S/c1-4-9-22-19(24)16(18(23)21-20(22)27)11-15-14-10-13(25-2)7-5-12(14)6-8-17(15)26-3/h4-8,10-11H,1,9H2,2-3H3,(H,21,23,27)/b16-11-. The lowest BCUT2D eigenvalue weighted by atomic mass is 9.99. The smallest absolute Gasteiger partial charge is 0.265 e. The Morgan fingerprint density at radius 3 is 2.59 bits per heavy atom. The Balaban J connectivity index is 2.21. The second-order valence-corrected chi connectivity index (χ2v) is 6.18. The van der Waals surface area contributed by atoms with Gasteiger partial charge in [-0.25, -0.2) is 0 Å². The first-order valence-corrected chi connectivity index (χ1v) is 8.55. The summed E-state index contributed by atoms with van der Waals surface area (Å²) < 4.78 is 10.8. The maximum absolute atomic E-state index is 12.8. The summed E-state index contributed by atoms with van der Waals surface area (Å²) in [5.74, 6) is 0.162. The van der Waals surface area contributed by atoms with Crippen LogP contribution in [0.15, 0.2) is 48.6 Å². The minimum Gasteiger partial charge on any atom is -0.497 e. The number of fused-ring (bicyclic) bond motifs is 1. The van der Waals surface area contributed by atoms with Gasteiger partial charge in [-0.1, -0.05) is 18.2 Å². The molecule has 0 atom stereocenters. The molecule has 1 aliphatic rings. The van der Waals surface area contributed by atoms with Crippen LogP contribution in [0.4, 0.5) is 0 Å². The first kappa shape index (κ1) is 18.6. The fourth-order valence-electron chi connectivity index (χ4n) is 2.89. The molecule has 2 amide bonds. The summed E-state index contributed by atoms with van der Waals surface area (Å²) in [5.41, 5.74) is 0.581. The molecule has 2 aromatic carbocycles. The molecule has 138 valence electrons. The molecule has 1 aliphatic heterocycles. The molecule has 7 heteroatoms. The molecule has 0 spiro atoms. The third-order valence-corrected chi connectivity index (χ3v) is 4.56. The van der Waals surface area contributed by atoms with Crippen LogP contribution in [-0.4, -0.2) is 42.6 Å². The number of ether oxygens (including phenoxy) is 2. The van der Waals surface area contributed by atoms with E-state index < -0.39 is 11.8 Å². The van der Waals surface area contributed by atoms with E-state index in [1.54, 1.807) is 19.3 Å². The first-order valence-electron chi connectivity index (χ1n) is 8.14. The van der Waals surface area contributed by atoms with Crippen LogP contribution in [0.3, 0.4) is 0 Å². The van der Waals surface area contributed by atoms with Gasteiger partial charge < -0.3 is 9.47 Å². The normalized spacial score (nSPS) is 15.9. The lowest BCUT2D eigenvalue weighted by molar-refractivity contribution is -0.128. The highest BCUT2D eigenvalue weighted by molar-refractivity contribution is 7.80. The van der Waals surface area contributed by atoms with Gasteiger partial charge in [-0.2, -0.15) is 0 Å². The minimum absolute atomic E-state index is 0.0286. The molecule has 0 bridgehead atoms. The molecule has 3 rings (SSSR count). The summed E-state index contributed by atoms with van der Waals surface area (Å²) in [6.07, 6.45) is 3.07.